The van der Waals surface area contributed by atoms with Crippen LogP contribution in [0.4, 0.5) is 0 Å². The van der Waals surface area contributed by atoms with Crippen LogP contribution in [0.5, 0.6) is 5.75 Å². The number of aromatic nitrogens is 1. The van der Waals surface area contributed by atoms with Gasteiger partial charge in [0, 0.05) is 6.20 Å². The minimum Gasteiger partial charge on any atom is -0.495 e. The summed E-state index contributed by atoms with van der Waals surface area (Å²) in [5.74, 6) is 0.720. The predicted octanol–water partition coefficient (Wildman–Crippen LogP) is 2.93. The molecule has 0 spiro atoms. The molecular formula is C16H20N2O. The van der Waals surface area contributed by atoms with Crippen molar-refractivity contribution < 1.29 is 4.74 Å². The van der Waals surface area contributed by atoms with Gasteiger partial charge in [-0.25, -0.2) is 0 Å². The van der Waals surface area contributed by atoms with E-state index in [-0.39, 0.29) is 0 Å². The monoisotopic (exact) mass is 256 g/mol. The van der Waals surface area contributed by atoms with E-state index in [9.17, 15) is 0 Å². The maximum absolute atomic E-state index is 6.51. The van der Waals surface area contributed by atoms with Crippen molar-refractivity contribution in [3.05, 3.63) is 58.9 Å². The van der Waals surface area contributed by atoms with Gasteiger partial charge in [0.1, 0.15) is 5.75 Å². The summed E-state index contributed by atoms with van der Waals surface area (Å²) in [4.78, 5) is 4.18. The van der Waals surface area contributed by atoms with Gasteiger partial charge in [0.15, 0.2) is 0 Å². The molecule has 2 N–H and O–H groups in total. The number of hydrogen-bond donors (Lipinski definition) is 1. The van der Waals surface area contributed by atoms with Crippen LogP contribution in [-0.4, -0.2) is 12.1 Å². The molecule has 3 nitrogen and oxygen atoms in total. The van der Waals surface area contributed by atoms with Crippen molar-refractivity contribution in [1.29, 1.82) is 0 Å². The Hall–Kier alpha value is -1.87. The average molecular weight is 256 g/mol. The van der Waals surface area contributed by atoms with Gasteiger partial charge in [-0.15, -0.1) is 0 Å². The molecule has 1 aromatic carbocycles. The molecular weight excluding hydrogens is 236 g/mol. The highest BCUT2D eigenvalue weighted by molar-refractivity contribution is 5.41. The largest absolute Gasteiger partial charge is 0.495 e. The van der Waals surface area contributed by atoms with Gasteiger partial charge in [0.05, 0.1) is 18.8 Å². The van der Waals surface area contributed by atoms with Gasteiger partial charge >= 0.3 is 0 Å². The Morgan fingerprint density at radius 2 is 1.79 bits per heavy atom. The van der Waals surface area contributed by atoms with Gasteiger partial charge in [-0.2, -0.15) is 0 Å². The molecule has 0 radical (unpaired) electrons. The SMILES string of the molecule is COc1cncc(C(C)(N)c2ccc(C)c(C)c2)c1. The first-order valence-electron chi connectivity index (χ1n) is 6.31. The molecule has 1 aromatic heterocycles. The van der Waals surface area contributed by atoms with Crippen LogP contribution >= 0.6 is 0 Å². The highest BCUT2D eigenvalue weighted by Gasteiger charge is 2.24. The Labute approximate surface area is 114 Å². The van der Waals surface area contributed by atoms with E-state index in [1.807, 2.05) is 13.0 Å². The van der Waals surface area contributed by atoms with Crippen LogP contribution in [0.15, 0.2) is 36.7 Å². The molecule has 0 saturated carbocycles. The van der Waals surface area contributed by atoms with Crippen LogP contribution in [0.25, 0.3) is 0 Å². The maximum Gasteiger partial charge on any atom is 0.137 e. The van der Waals surface area contributed by atoms with Crippen molar-refractivity contribution in [2.24, 2.45) is 5.73 Å². The van der Waals surface area contributed by atoms with E-state index in [1.54, 1.807) is 19.5 Å². The van der Waals surface area contributed by atoms with Crippen LogP contribution in [0, 0.1) is 13.8 Å². The van der Waals surface area contributed by atoms with Crippen molar-refractivity contribution >= 4 is 0 Å². The molecule has 3 heteroatoms. The molecule has 0 bridgehead atoms. The highest BCUT2D eigenvalue weighted by atomic mass is 16.5. The molecule has 100 valence electrons. The lowest BCUT2D eigenvalue weighted by atomic mass is 9.85. The maximum atomic E-state index is 6.51. The minimum absolute atomic E-state index is 0.583. The summed E-state index contributed by atoms with van der Waals surface area (Å²) in [6.45, 7) is 6.19. The smallest absolute Gasteiger partial charge is 0.137 e. The van der Waals surface area contributed by atoms with Crippen LogP contribution in [-0.2, 0) is 5.54 Å². The lowest BCUT2D eigenvalue weighted by Crippen LogP contribution is -2.34. The van der Waals surface area contributed by atoms with Gasteiger partial charge in [0.2, 0.25) is 0 Å². The first-order valence-corrected chi connectivity index (χ1v) is 6.31. The van der Waals surface area contributed by atoms with Crippen molar-refractivity contribution in [2.45, 2.75) is 26.3 Å². The Bertz CT molecular complexity index is 591. The van der Waals surface area contributed by atoms with Crippen LogP contribution < -0.4 is 10.5 Å². The number of aryl methyl sites for hydroxylation is 2. The number of nitrogens with two attached hydrogens (primary N) is 1. The molecule has 0 amide bonds. The lowest BCUT2D eigenvalue weighted by molar-refractivity contribution is 0.410. The number of benzene rings is 1. The summed E-state index contributed by atoms with van der Waals surface area (Å²) in [6, 6.07) is 8.24. The second kappa shape index (κ2) is 5.02. The average Bonchev–Trinajstić information content (AvgIpc) is 2.41. The number of methoxy groups -OCH3 is 1. The summed E-state index contributed by atoms with van der Waals surface area (Å²) in [7, 11) is 1.63. The third-order valence-electron chi connectivity index (χ3n) is 3.66. The highest BCUT2D eigenvalue weighted by Crippen LogP contribution is 2.29. The lowest BCUT2D eigenvalue weighted by Gasteiger charge is -2.26. The van der Waals surface area contributed by atoms with Gasteiger partial charge in [0.25, 0.3) is 0 Å². The van der Waals surface area contributed by atoms with Gasteiger partial charge in [-0.05, 0) is 49.1 Å². The molecule has 0 fully saturated rings. The first-order chi connectivity index (χ1) is 8.95. The molecule has 0 aliphatic heterocycles. The molecule has 2 aromatic rings. The molecule has 19 heavy (non-hydrogen) atoms. The molecule has 0 aliphatic carbocycles. The van der Waals surface area contributed by atoms with E-state index in [1.165, 1.54) is 11.1 Å². The summed E-state index contributed by atoms with van der Waals surface area (Å²) in [5, 5.41) is 0. The van der Waals surface area contributed by atoms with E-state index in [0.29, 0.717) is 0 Å². The molecule has 1 atom stereocenters. The van der Waals surface area contributed by atoms with Gasteiger partial charge in [-0.3, -0.25) is 4.98 Å². The number of ether oxygens (including phenoxy) is 1. The van der Waals surface area contributed by atoms with E-state index < -0.39 is 5.54 Å². The quantitative estimate of drug-likeness (QED) is 0.918. The Kier molecular flexibility index (Phi) is 3.58. The predicted molar refractivity (Wildman–Crippen MR) is 77.3 cm³/mol. The van der Waals surface area contributed by atoms with Crippen molar-refractivity contribution in [3.8, 4) is 5.75 Å². The van der Waals surface area contributed by atoms with Crippen molar-refractivity contribution in [1.82, 2.24) is 4.98 Å². The van der Waals surface area contributed by atoms with Crippen molar-refractivity contribution in [2.75, 3.05) is 7.11 Å². The first kappa shape index (κ1) is 13.6. The topological polar surface area (TPSA) is 48.1 Å². The zero-order valence-corrected chi connectivity index (χ0v) is 11.9. The van der Waals surface area contributed by atoms with E-state index in [4.69, 9.17) is 10.5 Å². The molecule has 1 unspecified atom stereocenters. The molecule has 2 rings (SSSR count). The van der Waals surface area contributed by atoms with E-state index >= 15 is 0 Å². The van der Waals surface area contributed by atoms with Crippen LogP contribution in [0.3, 0.4) is 0 Å². The number of nitrogens with zero attached hydrogens (tertiary/aromatic N) is 1. The van der Waals surface area contributed by atoms with E-state index in [0.717, 1.165) is 16.9 Å². The fraction of sp³-hybridized carbons (Fsp3) is 0.312. The Balaban J connectivity index is 2.47. The minimum atomic E-state index is -0.583. The number of pyridine rings is 1. The molecule has 0 saturated heterocycles. The van der Waals surface area contributed by atoms with E-state index in [2.05, 4.69) is 37.0 Å². The zero-order chi connectivity index (χ0) is 14.0. The Morgan fingerprint density at radius 1 is 1.05 bits per heavy atom. The molecule has 1 heterocycles. The van der Waals surface area contributed by atoms with Gasteiger partial charge in [-0.1, -0.05) is 18.2 Å². The van der Waals surface area contributed by atoms with Crippen LogP contribution in [0.1, 0.15) is 29.2 Å². The standard InChI is InChI=1S/C16H20N2O/c1-11-5-6-13(7-12(11)2)16(3,17)14-8-15(19-4)10-18-9-14/h5-10H,17H2,1-4H3. The van der Waals surface area contributed by atoms with Crippen LogP contribution in [0.2, 0.25) is 0 Å². The fourth-order valence-electron chi connectivity index (χ4n) is 2.05. The second-order valence-corrected chi connectivity index (χ2v) is 5.11. The zero-order valence-electron chi connectivity index (χ0n) is 11.9. The van der Waals surface area contributed by atoms with Gasteiger partial charge < -0.3 is 10.5 Å². The summed E-state index contributed by atoms with van der Waals surface area (Å²) < 4.78 is 5.21. The third-order valence-corrected chi connectivity index (χ3v) is 3.66. The summed E-state index contributed by atoms with van der Waals surface area (Å²) in [5.41, 5.74) is 10.4. The fourth-order valence-corrected chi connectivity index (χ4v) is 2.05. The Morgan fingerprint density at radius 3 is 2.42 bits per heavy atom. The van der Waals surface area contributed by atoms with Crippen molar-refractivity contribution in [3.63, 3.8) is 0 Å². The number of hydrogen-bond acceptors (Lipinski definition) is 3. The second-order valence-electron chi connectivity index (χ2n) is 5.11. The third kappa shape index (κ3) is 2.61. The summed E-state index contributed by atoms with van der Waals surface area (Å²) in [6.07, 6.45) is 3.47. The number of rotatable bonds is 3. The normalized spacial score (nSPS) is 13.9. The molecule has 0 aliphatic rings. The summed E-state index contributed by atoms with van der Waals surface area (Å²) >= 11 is 0.